The average Bonchev–Trinajstić information content (AvgIpc) is 2.79. The van der Waals surface area contributed by atoms with E-state index >= 15 is 0 Å². The van der Waals surface area contributed by atoms with E-state index in [1.54, 1.807) is 31.4 Å². The van der Waals surface area contributed by atoms with Crippen LogP contribution >= 0.6 is 24.0 Å². The van der Waals surface area contributed by atoms with Crippen LogP contribution in [0.3, 0.4) is 0 Å². The third-order valence-electron chi connectivity index (χ3n) is 5.09. The van der Waals surface area contributed by atoms with Gasteiger partial charge in [-0.3, -0.25) is 4.79 Å². The van der Waals surface area contributed by atoms with E-state index in [1.165, 1.54) is 5.56 Å². The van der Waals surface area contributed by atoms with Gasteiger partial charge in [0, 0.05) is 52.2 Å². The summed E-state index contributed by atoms with van der Waals surface area (Å²) in [6.45, 7) is 2.65. The molecule has 9 heteroatoms. The maximum atomic E-state index is 12.0. The van der Waals surface area contributed by atoms with E-state index in [4.69, 9.17) is 0 Å². The van der Waals surface area contributed by atoms with Crippen LogP contribution in [0.25, 0.3) is 0 Å². The van der Waals surface area contributed by atoms with Gasteiger partial charge in [-0.15, -0.1) is 24.0 Å². The molecule has 0 saturated carbocycles. The molecule has 1 amide bonds. The van der Waals surface area contributed by atoms with Crippen LogP contribution in [-0.2, 0) is 11.2 Å². The van der Waals surface area contributed by atoms with E-state index in [2.05, 4.69) is 42.6 Å². The minimum absolute atomic E-state index is 0. The molecule has 2 heterocycles. The lowest BCUT2D eigenvalue weighted by Crippen LogP contribution is -2.49. The number of piperidine rings is 1. The second-order valence-electron chi connectivity index (χ2n) is 7.57. The van der Waals surface area contributed by atoms with Crippen molar-refractivity contribution in [2.45, 2.75) is 25.3 Å². The number of amides is 1. The minimum Gasteiger partial charge on any atom is -0.356 e. The van der Waals surface area contributed by atoms with Gasteiger partial charge in [0.05, 0.1) is 0 Å². The van der Waals surface area contributed by atoms with Gasteiger partial charge in [-0.2, -0.15) is 0 Å². The first-order valence-electron chi connectivity index (χ1n) is 10.4. The number of aliphatic imine (C=N–C) groups is 1. The summed E-state index contributed by atoms with van der Waals surface area (Å²) >= 11 is 0. The van der Waals surface area contributed by atoms with E-state index in [-0.39, 0.29) is 36.4 Å². The van der Waals surface area contributed by atoms with E-state index in [0.29, 0.717) is 12.0 Å². The summed E-state index contributed by atoms with van der Waals surface area (Å²) in [6, 6.07) is 12.5. The van der Waals surface area contributed by atoms with Gasteiger partial charge in [0.15, 0.2) is 5.96 Å². The number of nitrogens with zero attached hydrogens (tertiary/aromatic N) is 5. The Labute approximate surface area is 201 Å². The number of benzene rings is 1. The van der Waals surface area contributed by atoms with E-state index in [9.17, 15) is 4.79 Å². The van der Waals surface area contributed by atoms with Crippen molar-refractivity contribution in [3.63, 3.8) is 0 Å². The third-order valence-corrected chi connectivity index (χ3v) is 5.09. The number of likely N-dealkylation sites (N-methyl/N-ethyl adjacent to an activating group) is 1. The highest BCUT2D eigenvalue weighted by Crippen LogP contribution is 2.15. The molecule has 0 unspecified atom stereocenters. The molecule has 31 heavy (non-hydrogen) atoms. The van der Waals surface area contributed by atoms with E-state index in [1.807, 2.05) is 24.3 Å². The lowest BCUT2D eigenvalue weighted by Gasteiger charge is -2.33. The number of nitrogens with one attached hydrogen (secondary N) is 2. The molecule has 1 aromatic heterocycles. The first-order chi connectivity index (χ1) is 14.6. The highest BCUT2D eigenvalue weighted by atomic mass is 127. The summed E-state index contributed by atoms with van der Waals surface area (Å²) in [5, 5.41) is 6.89. The SMILES string of the molecule is CN(C)C(=O)CN=C(NCCc1ccccc1)NC1CCN(c2ncccn2)CC1.I. The Morgan fingerprint density at radius 2 is 1.81 bits per heavy atom. The zero-order valence-corrected chi connectivity index (χ0v) is 20.5. The molecule has 0 atom stereocenters. The number of guanidine groups is 1. The van der Waals surface area contributed by atoms with Gasteiger partial charge >= 0.3 is 0 Å². The smallest absolute Gasteiger partial charge is 0.243 e. The van der Waals surface area contributed by atoms with Crippen molar-refractivity contribution in [2.75, 3.05) is 45.2 Å². The first kappa shape index (κ1) is 24.8. The summed E-state index contributed by atoms with van der Waals surface area (Å²) < 4.78 is 0. The molecule has 2 N–H and O–H groups in total. The number of hydrogen-bond donors (Lipinski definition) is 2. The van der Waals surface area contributed by atoms with Crippen LogP contribution in [0.15, 0.2) is 53.8 Å². The zero-order valence-electron chi connectivity index (χ0n) is 18.2. The summed E-state index contributed by atoms with van der Waals surface area (Å²) in [5.41, 5.74) is 1.27. The summed E-state index contributed by atoms with van der Waals surface area (Å²) in [5.74, 6) is 1.45. The number of halogens is 1. The normalized spacial score (nSPS) is 14.5. The van der Waals surface area contributed by atoms with Gasteiger partial charge in [-0.25, -0.2) is 15.0 Å². The Balaban J connectivity index is 0.00000341. The van der Waals surface area contributed by atoms with Crippen LogP contribution in [0, 0.1) is 0 Å². The molecule has 0 bridgehead atoms. The van der Waals surface area contributed by atoms with Gasteiger partial charge < -0.3 is 20.4 Å². The topological polar surface area (TPSA) is 85.8 Å². The lowest BCUT2D eigenvalue weighted by molar-refractivity contribution is -0.127. The molecule has 1 aromatic carbocycles. The quantitative estimate of drug-likeness (QED) is 0.319. The van der Waals surface area contributed by atoms with Crippen LogP contribution < -0.4 is 15.5 Å². The first-order valence-corrected chi connectivity index (χ1v) is 10.4. The number of aromatic nitrogens is 2. The number of hydrogen-bond acceptors (Lipinski definition) is 5. The van der Waals surface area contributed by atoms with Crippen LogP contribution in [0.4, 0.5) is 5.95 Å². The zero-order chi connectivity index (χ0) is 21.2. The molecule has 1 aliphatic heterocycles. The molecular weight excluding hydrogens is 505 g/mol. The predicted octanol–water partition coefficient (Wildman–Crippen LogP) is 1.93. The monoisotopic (exact) mass is 537 g/mol. The maximum Gasteiger partial charge on any atom is 0.243 e. The largest absolute Gasteiger partial charge is 0.356 e. The highest BCUT2D eigenvalue weighted by Gasteiger charge is 2.21. The Hall–Kier alpha value is -2.43. The fraction of sp³-hybridized carbons (Fsp3) is 0.455. The molecule has 0 radical (unpaired) electrons. The molecule has 168 valence electrons. The molecule has 2 aromatic rings. The van der Waals surface area contributed by atoms with Crippen molar-refractivity contribution in [1.82, 2.24) is 25.5 Å². The van der Waals surface area contributed by atoms with Crippen LogP contribution in [0.5, 0.6) is 0 Å². The lowest BCUT2D eigenvalue weighted by atomic mass is 10.1. The molecule has 3 rings (SSSR count). The van der Waals surface area contributed by atoms with Gasteiger partial charge in [0.25, 0.3) is 0 Å². The molecule has 0 aliphatic carbocycles. The standard InChI is InChI=1S/C22H31N7O.HI/c1-28(2)20(30)17-26-21(23-14-9-18-7-4-3-5-8-18)27-19-10-15-29(16-11-19)22-24-12-6-13-25-22;/h3-8,12-13,19H,9-11,14-17H2,1-2H3,(H2,23,26,27);1H. The maximum absolute atomic E-state index is 12.0. The molecule has 1 saturated heterocycles. The second-order valence-corrected chi connectivity index (χ2v) is 7.57. The molecule has 1 aliphatic rings. The number of rotatable bonds is 7. The molecule has 0 spiro atoms. The van der Waals surface area contributed by atoms with E-state index in [0.717, 1.165) is 44.8 Å². The van der Waals surface area contributed by atoms with E-state index < -0.39 is 0 Å². The fourth-order valence-corrected chi connectivity index (χ4v) is 3.28. The van der Waals surface area contributed by atoms with Crippen molar-refractivity contribution >= 4 is 41.8 Å². The number of carbonyl (C=O) groups is 1. The van der Waals surface area contributed by atoms with Crippen molar-refractivity contribution in [3.8, 4) is 0 Å². The number of anilines is 1. The molecule has 1 fully saturated rings. The minimum atomic E-state index is -0.0183. The van der Waals surface area contributed by atoms with Gasteiger partial charge in [-0.05, 0) is 30.9 Å². The third kappa shape index (κ3) is 8.31. The van der Waals surface area contributed by atoms with Crippen LogP contribution in [0.2, 0.25) is 0 Å². The fourth-order valence-electron chi connectivity index (χ4n) is 3.28. The highest BCUT2D eigenvalue weighted by molar-refractivity contribution is 14.0. The van der Waals surface area contributed by atoms with Crippen LogP contribution in [0.1, 0.15) is 18.4 Å². The van der Waals surface area contributed by atoms with Crippen molar-refractivity contribution in [2.24, 2.45) is 4.99 Å². The second kappa shape index (κ2) is 13.1. The Kier molecular flexibility index (Phi) is 10.5. The van der Waals surface area contributed by atoms with Gasteiger partial charge in [0.1, 0.15) is 6.54 Å². The van der Waals surface area contributed by atoms with Gasteiger partial charge in [0.2, 0.25) is 11.9 Å². The Morgan fingerprint density at radius 3 is 2.45 bits per heavy atom. The van der Waals surface area contributed by atoms with Crippen molar-refractivity contribution < 1.29 is 4.79 Å². The molecule has 8 nitrogen and oxygen atoms in total. The van der Waals surface area contributed by atoms with Crippen molar-refractivity contribution in [3.05, 3.63) is 54.4 Å². The summed E-state index contributed by atoms with van der Waals surface area (Å²) in [4.78, 5) is 28.9. The summed E-state index contributed by atoms with van der Waals surface area (Å²) in [6.07, 6.45) is 6.36. The summed E-state index contributed by atoms with van der Waals surface area (Å²) in [7, 11) is 3.49. The Morgan fingerprint density at radius 1 is 1.13 bits per heavy atom. The predicted molar refractivity (Wildman–Crippen MR) is 135 cm³/mol. The Bertz CT molecular complexity index is 809. The van der Waals surface area contributed by atoms with Gasteiger partial charge in [-0.1, -0.05) is 30.3 Å². The van der Waals surface area contributed by atoms with Crippen LogP contribution in [-0.4, -0.2) is 73.1 Å². The number of carbonyl (C=O) groups excluding carboxylic acids is 1. The molecular formula is C22H32IN7O. The average molecular weight is 537 g/mol. The van der Waals surface area contributed by atoms with Crippen molar-refractivity contribution in [1.29, 1.82) is 0 Å².